The van der Waals surface area contributed by atoms with Crippen molar-refractivity contribution in [2.24, 2.45) is 11.8 Å². The van der Waals surface area contributed by atoms with Gasteiger partial charge in [-0.2, -0.15) is 0 Å². The predicted molar refractivity (Wildman–Crippen MR) is 16.2 cm³/mol. The largest absolute Gasteiger partial charge is 0.0470 e. The van der Waals surface area contributed by atoms with Crippen LogP contribution < -0.4 is 0 Å². The third-order valence-electron chi connectivity index (χ3n) is 1.24. The molecule has 0 radical (unpaired) electrons. The number of fused-ring (bicyclic) bond motifs is 1. The first kappa shape index (κ1) is 1.00. The molecule has 0 saturated heterocycles. The van der Waals surface area contributed by atoms with Gasteiger partial charge in [0.25, 0.3) is 0 Å². The Labute approximate surface area is 27.2 Å². The summed E-state index contributed by atoms with van der Waals surface area (Å²) in [6.45, 7) is 0. The van der Waals surface area contributed by atoms with E-state index in [-0.39, 0.29) is 0 Å². The number of hydrogen-bond acceptors (Lipinski definition) is 0. The Hall–Kier alpha value is 0. The zero-order valence-electron chi connectivity index (χ0n) is 3.44. The molecule has 22 valence electrons. The molecular weight excluding hydrogens is 48.0 g/mol. The van der Waals surface area contributed by atoms with Crippen molar-refractivity contribution in [2.75, 3.05) is 0 Å². The van der Waals surface area contributed by atoms with Crippen LogP contribution in [0.5, 0.6) is 0 Å². The van der Waals surface area contributed by atoms with E-state index in [9.17, 15) is 0 Å². The highest BCUT2D eigenvalue weighted by molar-refractivity contribution is 5.02. The zero-order valence-corrected chi connectivity index (χ0v) is 2.44. The maximum absolute atomic E-state index is 6.95. The molecule has 0 bridgehead atoms. The highest BCUT2D eigenvalue weighted by Gasteiger charge is 2.52. The van der Waals surface area contributed by atoms with Gasteiger partial charge in [-0.05, 0) is 24.7 Å². The fourth-order valence-electron chi connectivity index (χ4n) is 0.450. The van der Waals surface area contributed by atoms with Crippen molar-refractivity contribution in [3.63, 3.8) is 0 Å². The smallest absolute Gasteiger partial charge is 0.0272 e. The van der Waals surface area contributed by atoms with Crippen LogP contribution in [0, 0.1) is 11.8 Å². The van der Waals surface area contributed by atoms with E-state index in [1.807, 2.05) is 0 Å². The van der Waals surface area contributed by atoms with Crippen LogP contribution in [-0.2, 0) is 0 Å². The normalized spacial score (nSPS) is 88.0. The summed E-state index contributed by atoms with van der Waals surface area (Å²) < 4.78 is 6.95. The molecule has 0 heteroatoms. The molecule has 0 nitrogen and oxygen atoms in total. The molecule has 0 aromatic carbocycles. The summed E-state index contributed by atoms with van der Waals surface area (Å²) in [4.78, 5) is 0. The van der Waals surface area contributed by atoms with Crippen molar-refractivity contribution in [3.05, 3.63) is 0 Å². The molecule has 0 aromatic rings. The molecule has 0 N–H and O–H groups in total. The third kappa shape index (κ3) is 0.0312. The minimum absolute atomic E-state index is 0.398. The Kier molecular flexibility index (Phi) is 0.0469. The summed E-state index contributed by atoms with van der Waals surface area (Å²) in [6.07, 6.45) is 1.78. The Balaban J connectivity index is 2.19. The Morgan fingerprint density at radius 2 is 2.25 bits per heavy atom. The van der Waals surface area contributed by atoms with Crippen molar-refractivity contribution >= 4 is 0 Å². The van der Waals surface area contributed by atoms with E-state index in [4.69, 9.17) is 1.37 Å². The van der Waals surface area contributed by atoms with E-state index in [0.29, 0.717) is 6.40 Å². The molecule has 0 aromatic heterocycles. The molecule has 2 unspecified atom stereocenters. The molecule has 0 aliphatic heterocycles. The monoisotopic (exact) mass is 55.1 g/mol. The molecule has 2 fully saturated rings. The topological polar surface area (TPSA) is 0 Å². The minimum Gasteiger partial charge on any atom is -0.0470 e. The summed E-state index contributed by atoms with van der Waals surface area (Å²) in [7, 11) is 0. The van der Waals surface area contributed by atoms with E-state index >= 15 is 0 Å². The molecule has 0 amide bonds. The molecule has 0 spiro atoms. The van der Waals surface area contributed by atoms with Gasteiger partial charge in [0.1, 0.15) is 0 Å². The first-order valence-corrected chi connectivity index (χ1v) is 1.82. The van der Waals surface area contributed by atoms with E-state index in [2.05, 4.69) is 0 Å². The molecule has 2 aliphatic rings. The lowest BCUT2D eigenvalue weighted by atomic mass is 10.5. The van der Waals surface area contributed by atoms with Crippen LogP contribution in [0.15, 0.2) is 0 Å². The van der Waals surface area contributed by atoms with Gasteiger partial charge in [-0.1, -0.05) is 0 Å². The summed E-state index contributed by atoms with van der Waals surface area (Å²) in [5.41, 5.74) is 0. The fraction of sp³-hybridized carbons (Fsp3) is 1.00. The average molecular weight is 55.1 g/mol. The molecule has 0 heterocycles. The summed E-state index contributed by atoms with van der Waals surface area (Å²) in [5.74, 6) is 1.77. The summed E-state index contributed by atoms with van der Waals surface area (Å²) >= 11 is 0. The molecule has 2 rings (SSSR count). The van der Waals surface area contributed by atoms with E-state index < -0.39 is 0 Å². The second-order valence-corrected chi connectivity index (χ2v) is 1.76. The van der Waals surface area contributed by atoms with Gasteiger partial charge in [-0.3, -0.25) is 0 Å². The highest BCUT2D eigenvalue weighted by Crippen LogP contribution is 2.62. The molecular formula is C4H6. The van der Waals surface area contributed by atoms with Gasteiger partial charge in [0.15, 0.2) is 0 Å². The summed E-state index contributed by atoms with van der Waals surface area (Å²) in [5, 5.41) is 0. The molecule has 2 saturated carbocycles. The van der Waals surface area contributed by atoms with Crippen molar-refractivity contribution in [1.82, 2.24) is 0 Å². The maximum Gasteiger partial charge on any atom is 0.0272 e. The van der Waals surface area contributed by atoms with Crippen LogP contribution in [0.2, 0.25) is 0 Å². The van der Waals surface area contributed by atoms with Gasteiger partial charge < -0.3 is 0 Å². The quantitative estimate of drug-likeness (QED) is 0.388. The lowest BCUT2D eigenvalue weighted by Crippen LogP contribution is -1.47. The van der Waals surface area contributed by atoms with Crippen LogP contribution in [0.25, 0.3) is 0 Å². The lowest BCUT2D eigenvalue weighted by molar-refractivity contribution is 0.915. The first-order valence-electron chi connectivity index (χ1n) is 2.39. The zero-order chi connectivity index (χ0) is 3.44. The van der Waals surface area contributed by atoms with Crippen LogP contribution in [0.3, 0.4) is 0 Å². The summed E-state index contributed by atoms with van der Waals surface area (Å²) in [6, 6.07) is 0. The second kappa shape index (κ2) is 0.188. The van der Waals surface area contributed by atoms with Gasteiger partial charge in [-0.15, -0.1) is 0 Å². The van der Waals surface area contributed by atoms with Gasteiger partial charge >= 0.3 is 0 Å². The van der Waals surface area contributed by atoms with Gasteiger partial charge in [0.05, 0.1) is 0 Å². The van der Waals surface area contributed by atoms with Crippen LogP contribution >= 0.6 is 0 Å². The maximum atomic E-state index is 6.95. The highest BCUT2D eigenvalue weighted by atomic mass is 14.6. The molecule has 2 atom stereocenters. The molecule has 2 aliphatic carbocycles. The van der Waals surface area contributed by atoms with Crippen molar-refractivity contribution in [1.29, 1.82) is 0 Å². The Morgan fingerprint density at radius 1 is 1.75 bits per heavy atom. The van der Waals surface area contributed by atoms with Crippen LogP contribution in [0.4, 0.5) is 0 Å². The number of hydrogen-bond donors (Lipinski definition) is 0. The Bertz CT molecular complexity index is 55.3. The fourth-order valence-corrected chi connectivity index (χ4v) is 0.450. The minimum atomic E-state index is 0.398. The van der Waals surface area contributed by atoms with Gasteiger partial charge in [0, 0.05) is 1.37 Å². The van der Waals surface area contributed by atoms with Crippen molar-refractivity contribution < 1.29 is 1.37 Å². The third-order valence-corrected chi connectivity index (χ3v) is 1.24. The second-order valence-electron chi connectivity index (χ2n) is 1.76. The van der Waals surface area contributed by atoms with Crippen LogP contribution in [0.1, 0.15) is 14.2 Å². The predicted octanol–water partition coefficient (Wildman–Crippen LogP) is 1.03. The van der Waals surface area contributed by atoms with Gasteiger partial charge in [0.2, 0.25) is 0 Å². The number of rotatable bonds is 0. The average Bonchev–Trinajstić information content (AvgIpc) is 2.11. The van der Waals surface area contributed by atoms with Crippen LogP contribution in [-0.4, -0.2) is 0 Å². The van der Waals surface area contributed by atoms with E-state index in [1.165, 1.54) is 6.42 Å². The van der Waals surface area contributed by atoms with Crippen molar-refractivity contribution in [3.8, 4) is 0 Å². The Morgan fingerprint density at radius 3 is 2.25 bits per heavy atom. The first-order chi connectivity index (χ1) is 2.39. The van der Waals surface area contributed by atoms with Gasteiger partial charge in [-0.25, -0.2) is 0 Å². The van der Waals surface area contributed by atoms with Crippen molar-refractivity contribution in [2.45, 2.75) is 12.8 Å². The van der Waals surface area contributed by atoms with E-state index in [1.54, 1.807) is 0 Å². The SMILES string of the molecule is [2H]C1C2CC12. The lowest BCUT2D eigenvalue weighted by Gasteiger charge is -1.60. The standard InChI is InChI=1S/C4H6/c1-3-2-4(1)3/h3-4H,1-2H2/i1D. The van der Waals surface area contributed by atoms with E-state index in [0.717, 1.165) is 11.8 Å². The molecule has 4 heavy (non-hydrogen) atoms.